The van der Waals surface area contributed by atoms with Crippen LogP contribution in [0.5, 0.6) is 0 Å². The van der Waals surface area contributed by atoms with Gasteiger partial charge in [0.05, 0.1) is 32.0 Å². The molecule has 0 radical (unpaired) electrons. The van der Waals surface area contributed by atoms with Crippen molar-refractivity contribution in [2.24, 2.45) is 5.92 Å². The summed E-state index contributed by atoms with van der Waals surface area (Å²) < 4.78 is 23.4. The van der Waals surface area contributed by atoms with E-state index in [0.717, 1.165) is 32.6 Å². The average molecular weight is 878 g/mol. The summed E-state index contributed by atoms with van der Waals surface area (Å²) in [7, 11) is 0. The van der Waals surface area contributed by atoms with Crippen molar-refractivity contribution >= 4 is 11.9 Å². The third kappa shape index (κ3) is 20.5. The Kier molecular flexibility index (Phi) is 29.4. The molecule has 2 heterocycles. The summed E-state index contributed by atoms with van der Waals surface area (Å²) in [5.74, 6) is -4.92. The number of unbranched alkanes of at least 4 members (excludes halogenated alkanes) is 20. The summed E-state index contributed by atoms with van der Waals surface area (Å²) >= 11 is 0. The van der Waals surface area contributed by atoms with E-state index in [1.807, 2.05) is 0 Å². The molecule has 0 bridgehead atoms. The maximum atomic E-state index is 12.8. The number of carbonyl (C=O) groups is 2. The summed E-state index contributed by atoms with van der Waals surface area (Å²) in [6.07, 6.45) is 14.3. The second-order valence-corrected chi connectivity index (χ2v) is 17.8. The van der Waals surface area contributed by atoms with Crippen molar-refractivity contribution in [1.82, 2.24) is 5.32 Å². The fourth-order valence-corrected chi connectivity index (χ4v) is 8.78. The van der Waals surface area contributed by atoms with Crippen molar-refractivity contribution < 1.29 is 69.4 Å². The highest BCUT2D eigenvalue weighted by molar-refractivity contribution is 5.76. The molecule has 0 aliphatic carbocycles. The van der Waals surface area contributed by atoms with Crippen LogP contribution in [-0.4, -0.2) is 140 Å². The predicted octanol–water partition coefficient (Wildman–Crippen LogP) is 5.39. The van der Waals surface area contributed by atoms with Gasteiger partial charge < -0.3 is 65.1 Å². The van der Waals surface area contributed by atoms with Crippen LogP contribution in [-0.2, 0) is 28.5 Å². The van der Waals surface area contributed by atoms with Crippen LogP contribution < -0.4 is 5.32 Å². The molecule has 360 valence electrons. The van der Waals surface area contributed by atoms with Gasteiger partial charge in [0.1, 0.15) is 42.7 Å². The van der Waals surface area contributed by atoms with Crippen LogP contribution >= 0.6 is 0 Å². The van der Waals surface area contributed by atoms with Crippen molar-refractivity contribution in [2.75, 3.05) is 19.8 Å². The lowest BCUT2D eigenvalue weighted by Crippen LogP contribution is -2.70. The first-order chi connectivity index (χ1) is 29.3. The van der Waals surface area contributed by atoms with Crippen LogP contribution in [0.1, 0.15) is 188 Å². The van der Waals surface area contributed by atoms with E-state index < -0.39 is 98.5 Å². The number of carbonyl (C=O) groups excluding carboxylic acids is 1. The lowest BCUT2D eigenvalue weighted by Gasteiger charge is -2.50. The van der Waals surface area contributed by atoms with Gasteiger partial charge in [0.2, 0.25) is 5.91 Å². The number of aliphatic hydroxyl groups excluding tert-OH is 7. The molecular formula is C46H87NO14. The second kappa shape index (κ2) is 32.2. The zero-order chi connectivity index (χ0) is 45.0. The highest BCUT2D eigenvalue weighted by Gasteiger charge is 2.59. The topological polar surface area (TPSA) is 245 Å². The molecule has 11 atom stereocenters. The van der Waals surface area contributed by atoms with E-state index in [1.54, 1.807) is 0 Å². The lowest BCUT2D eigenvalue weighted by atomic mass is 9.88. The number of hydrogen-bond donors (Lipinski definition) is 9. The average Bonchev–Trinajstić information content (AvgIpc) is 3.23. The summed E-state index contributed by atoms with van der Waals surface area (Å²) in [5, 5.41) is 87.1. The normalized spacial score (nSPS) is 27.9. The number of aliphatic hydroxyl groups is 7. The molecular weight excluding hydrogens is 790 g/mol. The number of carboxylic acid groups (broad SMARTS) is 1. The molecule has 0 aromatic heterocycles. The summed E-state index contributed by atoms with van der Waals surface area (Å²) in [6.45, 7) is 4.10. The van der Waals surface area contributed by atoms with Crippen LogP contribution in [0.2, 0.25) is 0 Å². The minimum absolute atomic E-state index is 0.189. The smallest absolute Gasteiger partial charge is 0.364 e. The number of rotatable bonds is 36. The van der Waals surface area contributed by atoms with Gasteiger partial charge in [0, 0.05) is 13.3 Å². The van der Waals surface area contributed by atoms with Gasteiger partial charge in [-0.25, -0.2) is 4.79 Å². The third-order valence-corrected chi connectivity index (χ3v) is 12.6. The van der Waals surface area contributed by atoms with Crippen LogP contribution in [0.3, 0.4) is 0 Å². The first kappa shape index (κ1) is 55.6. The number of carboxylic acids is 1. The fourth-order valence-electron chi connectivity index (χ4n) is 8.78. The zero-order valence-electron chi connectivity index (χ0n) is 37.9. The Morgan fingerprint density at radius 2 is 1.20 bits per heavy atom. The standard InChI is InChI=1S/C46H87NO14/c1-4-6-8-10-12-14-16-18-20-22-24-26-34(27-25-23-21-19-17-15-13-11-9-7-5-2)28-29-58-44-41(55)43(40(54)37(32-49)59-44)61-46(45(56)57)30-35(51)38(47-33(3)50)42(60-46)39(53)36(52)31-48/h34-44,48-49,51-55H,4-32H2,1-3H3,(H,47,50)(H,56,57)/t35-,36+,37+,38+,39+,40-,41+,42-,43-,44-,46-/m0/s1. The van der Waals surface area contributed by atoms with Crippen LogP contribution in [0.4, 0.5) is 0 Å². The molecule has 61 heavy (non-hydrogen) atoms. The van der Waals surface area contributed by atoms with Gasteiger partial charge in [0.25, 0.3) is 5.79 Å². The Morgan fingerprint density at radius 3 is 1.62 bits per heavy atom. The number of hydrogen-bond acceptors (Lipinski definition) is 13. The molecule has 0 aromatic rings. The van der Waals surface area contributed by atoms with Crippen molar-refractivity contribution in [3.05, 3.63) is 0 Å². The number of aliphatic carboxylic acids is 1. The van der Waals surface area contributed by atoms with E-state index in [0.29, 0.717) is 12.3 Å². The Labute approximate surface area is 366 Å². The number of amides is 1. The SMILES string of the molecule is CCCCCCCCCCCCCC(CCCCCCCCCCCCC)CCO[C@H]1O[C@H](CO)[C@H](O)[C@H](O[C@]2(C(=O)O)C[C@H](O)[C@@H](NC(C)=O)[C@@H]([C@H](O)[C@H](O)CO)O2)[C@H]1O. The van der Waals surface area contributed by atoms with Gasteiger partial charge >= 0.3 is 5.97 Å². The van der Waals surface area contributed by atoms with E-state index in [4.69, 9.17) is 18.9 Å². The second-order valence-electron chi connectivity index (χ2n) is 17.8. The molecule has 9 N–H and O–H groups in total. The summed E-state index contributed by atoms with van der Waals surface area (Å²) in [5.41, 5.74) is 0. The van der Waals surface area contributed by atoms with Crippen molar-refractivity contribution in [1.29, 1.82) is 0 Å². The molecule has 2 aliphatic heterocycles. The van der Waals surface area contributed by atoms with Gasteiger partial charge in [-0.1, -0.05) is 168 Å². The molecule has 1 amide bonds. The number of nitrogens with one attached hydrogen (secondary N) is 1. The van der Waals surface area contributed by atoms with Crippen LogP contribution in [0.15, 0.2) is 0 Å². The minimum atomic E-state index is -2.84. The van der Waals surface area contributed by atoms with Crippen molar-refractivity contribution in [3.8, 4) is 0 Å². The van der Waals surface area contributed by atoms with Gasteiger partial charge in [-0.05, 0) is 12.3 Å². The molecule has 15 heteroatoms. The molecule has 15 nitrogen and oxygen atoms in total. The first-order valence-corrected chi connectivity index (χ1v) is 24.1. The highest BCUT2D eigenvalue weighted by atomic mass is 16.8. The maximum Gasteiger partial charge on any atom is 0.364 e. The quantitative estimate of drug-likeness (QED) is 0.0359. The van der Waals surface area contributed by atoms with Gasteiger partial charge in [-0.2, -0.15) is 0 Å². The monoisotopic (exact) mass is 878 g/mol. The van der Waals surface area contributed by atoms with Gasteiger partial charge in [-0.15, -0.1) is 0 Å². The molecule has 0 unspecified atom stereocenters. The zero-order valence-corrected chi connectivity index (χ0v) is 37.9. The van der Waals surface area contributed by atoms with E-state index >= 15 is 0 Å². The largest absolute Gasteiger partial charge is 0.477 e. The van der Waals surface area contributed by atoms with E-state index in [9.17, 15) is 50.4 Å². The molecule has 2 aliphatic rings. The summed E-state index contributed by atoms with van der Waals surface area (Å²) in [4.78, 5) is 24.8. The van der Waals surface area contributed by atoms with E-state index in [2.05, 4.69) is 19.2 Å². The van der Waals surface area contributed by atoms with Crippen molar-refractivity contribution in [3.63, 3.8) is 0 Å². The fraction of sp³-hybridized carbons (Fsp3) is 0.957. The van der Waals surface area contributed by atoms with Crippen molar-refractivity contribution in [2.45, 2.75) is 255 Å². The Hall–Kier alpha value is -1.50. The Bertz CT molecular complexity index is 1110. The maximum absolute atomic E-state index is 12.8. The Balaban J connectivity index is 2.06. The number of ether oxygens (including phenoxy) is 4. The highest BCUT2D eigenvalue weighted by Crippen LogP contribution is 2.38. The van der Waals surface area contributed by atoms with Gasteiger partial charge in [0.15, 0.2) is 6.29 Å². The lowest BCUT2D eigenvalue weighted by molar-refractivity contribution is -0.369. The molecule has 2 rings (SSSR count). The van der Waals surface area contributed by atoms with E-state index in [-0.39, 0.29) is 6.61 Å². The molecule has 2 fully saturated rings. The van der Waals surface area contributed by atoms with Crippen LogP contribution in [0, 0.1) is 5.92 Å². The first-order valence-electron chi connectivity index (χ1n) is 24.1. The predicted molar refractivity (Wildman–Crippen MR) is 231 cm³/mol. The minimum Gasteiger partial charge on any atom is -0.477 e. The van der Waals surface area contributed by atoms with Crippen LogP contribution in [0.25, 0.3) is 0 Å². The molecule has 0 saturated carbocycles. The molecule has 0 aromatic carbocycles. The Morgan fingerprint density at radius 1 is 0.721 bits per heavy atom. The van der Waals surface area contributed by atoms with E-state index in [1.165, 1.54) is 128 Å². The third-order valence-electron chi connectivity index (χ3n) is 12.6. The molecule has 2 saturated heterocycles. The van der Waals surface area contributed by atoms with Gasteiger partial charge in [-0.3, -0.25) is 4.79 Å². The molecule has 0 spiro atoms. The summed E-state index contributed by atoms with van der Waals surface area (Å²) in [6, 6.07) is -1.43.